The first-order chi connectivity index (χ1) is 15.7. The molecule has 0 aliphatic rings. The van der Waals surface area contributed by atoms with Crippen LogP contribution >= 0.6 is 0 Å². The molecule has 2 N–H and O–H groups in total. The summed E-state index contributed by atoms with van der Waals surface area (Å²) < 4.78 is 55.0. The normalized spacial score (nSPS) is 12.6. The largest absolute Gasteiger partial charge is 0.503 e. The number of benzene rings is 2. The van der Waals surface area contributed by atoms with Crippen molar-refractivity contribution in [3.8, 4) is 17.3 Å². The number of alkyl halides is 3. The molecule has 4 aromatic rings. The average Bonchev–Trinajstić information content (AvgIpc) is 3.25. The number of halogens is 4. The van der Waals surface area contributed by atoms with Crippen LogP contribution in [0, 0.1) is 5.82 Å². The Morgan fingerprint density at radius 3 is 2.58 bits per heavy atom. The fraction of sp³-hybridized carbons (Fsp3) is 0.174. The topological polar surface area (TPSA) is 83.8 Å². The SMILES string of the molecule is O=c1cn[nH]c(-c2nccn2CCC(c2ccc(F)cc2)c2cccc(C(F)(F)F)c2)c1O. The number of aromatic amines is 1. The van der Waals surface area contributed by atoms with Crippen molar-refractivity contribution in [3.63, 3.8) is 0 Å². The van der Waals surface area contributed by atoms with E-state index >= 15 is 0 Å². The number of aryl methyl sites for hydroxylation is 1. The van der Waals surface area contributed by atoms with Gasteiger partial charge in [-0.3, -0.25) is 9.89 Å². The van der Waals surface area contributed by atoms with Crippen LogP contribution in [0.1, 0.15) is 29.0 Å². The third-order valence-electron chi connectivity index (χ3n) is 5.31. The van der Waals surface area contributed by atoms with Gasteiger partial charge >= 0.3 is 6.18 Å². The van der Waals surface area contributed by atoms with Gasteiger partial charge in [0.1, 0.15) is 11.5 Å². The van der Waals surface area contributed by atoms with Crippen LogP contribution in [0.15, 0.2) is 71.9 Å². The Kier molecular flexibility index (Phi) is 5.99. The summed E-state index contributed by atoms with van der Waals surface area (Å²) >= 11 is 0. The molecule has 33 heavy (non-hydrogen) atoms. The van der Waals surface area contributed by atoms with Gasteiger partial charge in [0.15, 0.2) is 11.6 Å². The van der Waals surface area contributed by atoms with Gasteiger partial charge in [-0.2, -0.15) is 18.3 Å². The first kappa shape index (κ1) is 22.3. The zero-order valence-electron chi connectivity index (χ0n) is 17.1. The number of nitrogens with one attached hydrogen (secondary N) is 1. The molecule has 0 radical (unpaired) electrons. The van der Waals surface area contributed by atoms with Crippen LogP contribution in [0.3, 0.4) is 0 Å². The first-order valence-electron chi connectivity index (χ1n) is 9.95. The van der Waals surface area contributed by atoms with E-state index in [1.165, 1.54) is 24.4 Å². The van der Waals surface area contributed by atoms with Gasteiger partial charge in [-0.25, -0.2) is 9.37 Å². The minimum atomic E-state index is -4.50. The fourth-order valence-corrected chi connectivity index (χ4v) is 3.69. The van der Waals surface area contributed by atoms with Crippen molar-refractivity contribution in [2.75, 3.05) is 0 Å². The van der Waals surface area contributed by atoms with Gasteiger partial charge in [0.05, 0.1) is 11.8 Å². The fourth-order valence-electron chi connectivity index (χ4n) is 3.69. The predicted molar refractivity (Wildman–Crippen MR) is 112 cm³/mol. The Balaban J connectivity index is 1.69. The van der Waals surface area contributed by atoms with Crippen molar-refractivity contribution in [3.05, 3.63) is 99.9 Å². The van der Waals surface area contributed by atoms with Crippen LogP contribution in [-0.2, 0) is 12.7 Å². The van der Waals surface area contributed by atoms with E-state index in [4.69, 9.17) is 0 Å². The molecular formula is C23H18F4N4O2. The minimum absolute atomic E-state index is 0.0323. The van der Waals surface area contributed by atoms with Crippen LogP contribution in [0.25, 0.3) is 11.5 Å². The maximum absolute atomic E-state index is 13.5. The Bertz CT molecular complexity index is 1310. The van der Waals surface area contributed by atoms with E-state index in [-0.39, 0.29) is 18.1 Å². The summed E-state index contributed by atoms with van der Waals surface area (Å²) in [7, 11) is 0. The highest BCUT2D eigenvalue weighted by Crippen LogP contribution is 2.35. The van der Waals surface area contributed by atoms with E-state index in [2.05, 4.69) is 15.2 Å². The zero-order valence-corrected chi connectivity index (χ0v) is 17.1. The Hall–Kier alpha value is -3.95. The second kappa shape index (κ2) is 8.89. The summed E-state index contributed by atoms with van der Waals surface area (Å²) in [6, 6.07) is 10.6. The van der Waals surface area contributed by atoms with Crippen LogP contribution in [-0.4, -0.2) is 24.9 Å². The Labute approximate surface area is 185 Å². The number of rotatable bonds is 6. The molecule has 2 heterocycles. The Morgan fingerprint density at radius 1 is 1.09 bits per heavy atom. The number of hydrogen-bond donors (Lipinski definition) is 2. The lowest BCUT2D eigenvalue weighted by Gasteiger charge is -2.20. The predicted octanol–water partition coefficient (Wildman–Crippen LogP) is 4.72. The molecule has 0 saturated heterocycles. The lowest BCUT2D eigenvalue weighted by atomic mass is 9.87. The first-order valence-corrected chi connectivity index (χ1v) is 9.95. The van der Waals surface area contributed by atoms with Crippen molar-refractivity contribution in [1.82, 2.24) is 19.7 Å². The number of imidazole rings is 1. The van der Waals surface area contributed by atoms with Crippen LogP contribution in [0.4, 0.5) is 17.6 Å². The van der Waals surface area contributed by atoms with E-state index in [1.54, 1.807) is 29.0 Å². The molecule has 0 aliphatic carbocycles. The number of hydrogen-bond acceptors (Lipinski definition) is 4. The number of H-pyrrole nitrogens is 1. The van der Waals surface area contributed by atoms with Gasteiger partial charge in [0.2, 0.25) is 5.43 Å². The quantitative estimate of drug-likeness (QED) is 0.410. The summed E-state index contributed by atoms with van der Waals surface area (Å²) in [5, 5.41) is 16.3. The molecule has 4 rings (SSSR count). The van der Waals surface area contributed by atoms with Gasteiger partial charge in [-0.15, -0.1) is 0 Å². The Morgan fingerprint density at radius 2 is 1.85 bits per heavy atom. The second-order valence-corrected chi connectivity index (χ2v) is 7.42. The molecule has 0 spiro atoms. The third kappa shape index (κ3) is 4.79. The molecule has 6 nitrogen and oxygen atoms in total. The molecule has 1 unspecified atom stereocenters. The number of aromatic nitrogens is 4. The summed E-state index contributed by atoms with van der Waals surface area (Å²) in [6.45, 7) is 0.282. The molecule has 2 aromatic heterocycles. The summed E-state index contributed by atoms with van der Waals surface area (Å²) in [5.41, 5.74) is -0.338. The minimum Gasteiger partial charge on any atom is -0.503 e. The van der Waals surface area contributed by atoms with E-state index in [9.17, 15) is 27.5 Å². The smallest absolute Gasteiger partial charge is 0.416 e. The van der Waals surface area contributed by atoms with Crippen LogP contribution in [0.5, 0.6) is 5.75 Å². The highest BCUT2D eigenvalue weighted by atomic mass is 19.4. The molecule has 0 saturated carbocycles. The van der Waals surface area contributed by atoms with E-state index in [0.717, 1.165) is 18.3 Å². The summed E-state index contributed by atoms with van der Waals surface area (Å²) in [4.78, 5) is 15.9. The third-order valence-corrected chi connectivity index (χ3v) is 5.31. The lowest BCUT2D eigenvalue weighted by molar-refractivity contribution is -0.137. The van der Waals surface area contributed by atoms with Gasteiger partial charge in [0.25, 0.3) is 0 Å². The number of nitrogens with zero attached hydrogens (tertiary/aromatic N) is 3. The highest BCUT2D eigenvalue weighted by molar-refractivity contribution is 5.57. The van der Waals surface area contributed by atoms with Crippen molar-refractivity contribution < 1.29 is 22.7 Å². The summed E-state index contributed by atoms with van der Waals surface area (Å²) in [5.74, 6) is -1.22. The maximum atomic E-state index is 13.5. The second-order valence-electron chi connectivity index (χ2n) is 7.42. The van der Waals surface area contributed by atoms with E-state index in [0.29, 0.717) is 17.5 Å². The van der Waals surface area contributed by atoms with Crippen molar-refractivity contribution in [2.45, 2.75) is 25.1 Å². The molecule has 1 atom stereocenters. The van der Waals surface area contributed by atoms with Crippen molar-refractivity contribution in [1.29, 1.82) is 0 Å². The van der Waals surface area contributed by atoms with Gasteiger partial charge < -0.3 is 9.67 Å². The molecule has 0 bridgehead atoms. The summed E-state index contributed by atoms with van der Waals surface area (Å²) in [6.07, 6.45) is -0.137. The van der Waals surface area contributed by atoms with E-state index in [1.807, 2.05) is 0 Å². The van der Waals surface area contributed by atoms with Crippen molar-refractivity contribution in [2.24, 2.45) is 0 Å². The molecular weight excluding hydrogens is 440 g/mol. The van der Waals surface area contributed by atoms with Crippen LogP contribution < -0.4 is 5.43 Å². The van der Waals surface area contributed by atoms with Crippen molar-refractivity contribution >= 4 is 0 Å². The van der Waals surface area contributed by atoms with Crippen LogP contribution in [0.2, 0.25) is 0 Å². The monoisotopic (exact) mass is 458 g/mol. The zero-order chi connectivity index (χ0) is 23.6. The molecule has 170 valence electrons. The number of aromatic hydroxyl groups is 1. The van der Waals surface area contributed by atoms with Gasteiger partial charge in [-0.1, -0.05) is 30.3 Å². The molecule has 0 amide bonds. The maximum Gasteiger partial charge on any atom is 0.416 e. The van der Waals surface area contributed by atoms with Gasteiger partial charge in [-0.05, 0) is 35.7 Å². The van der Waals surface area contributed by atoms with E-state index < -0.39 is 34.7 Å². The highest BCUT2D eigenvalue weighted by Gasteiger charge is 2.31. The molecule has 2 aromatic carbocycles. The average molecular weight is 458 g/mol. The molecule has 0 fully saturated rings. The lowest BCUT2D eigenvalue weighted by Crippen LogP contribution is -2.11. The molecule has 0 aliphatic heterocycles. The standard InChI is InChI=1S/C23H18F4N4O2/c24-17-6-4-14(5-7-17)18(15-2-1-3-16(12-15)23(25,26)27)8-10-31-11-9-28-22(31)20-21(33)19(32)13-29-30-20/h1-7,9,11-13,18H,8,10H2,(H,29,33)(H,30,32). The molecule has 10 heteroatoms. The van der Waals surface area contributed by atoms with Gasteiger partial charge in [0, 0.05) is 24.9 Å².